The Bertz CT molecular complexity index is 1320. The molecule has 158 valence electrons. The Kier molecular flexibility index (Phi) is 5.43. The number of para-hydroxylation sites is 1. The summed E-state index contributed by atoms with van der Waals surface area (Å²) in [6.45, 7) is 4.36. The third kappa shape index (κ3) is 3.87. The lowest BCUT2D eigenvalue weighted by atomic mass is 10.1. The Morgan fingerprint density at radius 1 is 1.13 bits per heavy atom. The first kappa shape index (κ1) is 20.5. The molecular weight excluding hydrogens is 418 g/mol. The van der Waals surface area contributed by atoms with Crippen LogP contribution in [0.25, 0.3) is 21.8 Å². The van der Waals surface area contributed by atoms with Gasteiger partial charge >= 0.3 is 11.0 Å². The number of hydrogen-bond donors (Lipinski definition) is 1. The molecule has 1 N–H and O–H groups in total. The molecule has 2 aromatic carbocycles. The van der Waals surface area contributed by atoms with Crippen LogP contribution < -0.4 is 5.32 Å². The van der Waals surface area contributed by atoms with Gasteiger partial charge in [0.1, 0.15) is 4.88 Å². The predicted octanol–water partition coefficient (Wildman–Crippen LogP) is 4.97. The minimum Gasteiger partial charge on any atom is -0.448 e. The number of fused-ring (bicyclic) bond motifs is 3. The van der Waals surface area contributed by atoms with Crippen LogP contribution in [0.3, 0.4) is 0 Å². The molecule has 0 aliphatic heterocycles. The first-order valence-corrected chi connectivity index (χ1v) is 10.5. The normalized spacial score (nSPS) is 12.1. The van der Waals surface area contributed by atoms with E-state index in [1.807, 2.05) is 36.4 Å². The Balaban J connectivity index is 1.51. The van der Waals surface area contributed by atoms with E-state index in [2.05, 4.69) is 22.9 Å². The number of hydrogen-bond acceptors (Lipinski definition) is 6. The molecule has 0 bridgehead atoms. The monoisotopic (exact) mass is 437 g/mol. The Morgan fingerprint density at radius 2 is 1.87 bits per heavy atom. The number of aryl methyl sites for hydroxylation is 1. The molecule has 1 unspecified atom stereocenters. The quantitative estimate of drug-likeness (QED) is 0.261. The summed E-state index contributed by atoms with van der Waals surface area (Å²) in [5, 5.41) is 15.5. The van der Waals surface area contributed by atoms with Crippen LogP contribution in [-0.2, 0) is 16.1 Å². The van der Waals surface area contributed by atoms with Crippen molar-refractivity contribution in [2.24, 2.45) is 0 Å². The van der Waals surface area contributed by atoms with Crippen LogP contribution in [0.5, 0.6) is 0 Å². The first-order chi connectivity index (χ1) is 14.9. The van der Waals surface area contributed by atoms with Crippen LogP contribution >= 0.6 is 11.3 Å². The minimum absolute atomic E-state index is 0.0696. The van der Waals surface area contributed by atoms with E-state index in [4.69, 9.17) is 4.74 Å². The number of esters is 1. The Morgan fingerprint density at radius 3 is 2.58 bits per heavy atom. The van der Waals surface area contributed by atoms with Gasteiger partial charge in [-0.1, -0.05) is 29.5 Å². The van der Waals surface area contributed by atoms with Crippen molar-refractivity contribution in [1.82, 2.24) is 4.57 Å². The van der Waals surface area contributed by atoms with E-state index in [9.17, 15) is 19.7 Å². The summed E-state index contributed by atoms with van der Waals surface area (Å²) in [6, 6.07) is 16.3. The number of aromatic nitrogens is 1. The molecule has 2 heterocycles. The zero-order valence-corrected chi connectivity index (χ0v) is 17.6. The smallest absolute Gasteiger partial charge is 0.349 e. The molecule has 0 saturated carbocycles. The molecule has 0 spiro atoms. The van der Waals surface area contributed by atoms with Gasteiger partial charge in [0.2, 0.25) is 0 Å². The largest absolute Gasteiger partial charge is 0.448 e. The number of thiophene rings is 1. The van der Waals surface area contributed by atoms with Crippen molar-refractivity contribution < 1.29 is 19.2 Å². The van der Waals surface area contributed by atoms with Crippen molar-refractivity contribution in [3.63, 3.8) is 0 Å². The average Bonchev–Trinajstić information content (AvgIpc) is 3.37. The van der Waals surface area contributed by atoms with Crippen molar-refractivity contribution in [2.45, 2.75) is 26.5 Å². The van der Waals surface area contributed by atoms with Gasteiger partial charge < -0.3 is 14.6 Å². The first-order valence-electron chi connectivity index (χ1n) is 9.66. The van der Waals surface area contributed by atoms with Gasteiger partial charge in [-0.25, -0.2) is 4.79 Å². The van der Waals surface area contributed by atoms with Gasteiger partial charge in [0.25, 0.3) is 5.91 Å². The maximum Gasteiger partial charge on any atom is 0.349 e. The van der Waals surface area contributed by atoms with Crippen molar-refractivity contribution in [1.29, 1.82) is 0 Å². The lowest BCUT2D eigenvalue weighted by Gasteiger charge is -2.13. The van der Waals surface area contributed by atoms with E-state index in [1.54, 1.807) is 0 Å². The average molecular weight is 437 g/mol. The summed E-state index contributed by atoms with van der Waals surface area (Å²) < 4.78 is 7.38. The maximum absolute atomic E-state index is 12.6. The van der Waals surface area contributed by atoms with E-state index < -0.39 is 22.9 Å². The second-order valence-corrected chi connectivity index (χ2v) is 7.99. The lowest BCUT2D eigenvalue weighted by Crippen LogP contribution is -2.29. The van der Waals surface area contributed by atoms with Gasteiger partial charge in [-0.3, -0.25) is 14.9 Å². The molecule has 9 heteroatoms. The number of rotatable bonds is 6. The second kappa shape index (κ2) is 8.19. The van der Waals surface area contributed by atoms with Crippen LogP contribution in [-0.4, -0.2) is 27.5 Å². The van der Waals surface area contributed by atoms with Gasteiger partial charge in [-0.05, 0) is 44.2 Å². The van der Waals surface area contributed by atoms with Crippen LogP contribution in [0.15, 0.2) is 54.6 Å². The number of carbonyl (C=O) groups is 2. The van der Waals surface area contributed by atoms with E-state index in [-0.39, 0.29) is 9.88 Å². The number of benzene rings is 2. The number of nitro groups is 1. The molecule has 1 atom stereocenters. The SMILES string of the molecule is CCn1c2ccccc2c2cc(NC(=O)C(C)OC(=O)c3ccc([N+](=O)[O-])s3)ccc21. The van der Waals surface area contributed by atoms with Crippen molar-refractivity contribution in [2.75, 3.05) is 5.32 Å². The fourth-order valence-electron chi connectivity index (χ4n) is 3.52. The number of anilines is 1. The summed E-state index contributed by atoms with van der Waals surface area (Å²) in [5.74, 6) is -1.26. The summed E-state index contributed by atoms with van der Waals surface area (Å²) in [6.07, 6.45) is -1.07. The molecule has 0 aliphatic carbocycles. The van der Waals surface area contributed by atoms with Crippen LogP contribution in [0.4, 0.5) is 10.7 Å². The Labute approximate surface area is 181 Å². The van der Waals surface area contributed by atoms with E-state index in [1.165, 1.54) is 19.1 Å². The maximum atomic E-state index is 12.6. The van der Waals surface area contributed by atoms with E-state index >= 15 is 0 Å². The van der Waals surface area contributed by atoms with E-state index in [0.29, 0.717) is 17.0 Å². The number of carbonyl (C=O) groups excluding carboxylic acids is 2. The fourth-order valence-corrected chi connectivity index (χ4v) is 4.23. The lowest BCUT2D eigenvalue weighted by molar-refractivity contribution is -0.380. The number of amides is 1. The third-order valence-electron chi connectivity index (χ3n) is 4.98. The number of nitrogens with one attached hydrogen (secondary N) is 1. The minimum atomic E-state index is -1.07. The van der Waals surface area contributed by atoms with Crippen LogP contribution in [0, 0.1) is 10.1 Å². The summed E-state index contributed by atoms with van der Waals surface area (Å²) >= 11 is 0.706. The molecule has 1 amide bonds. The van der Waals surface area contributed by atoms with E-state index in [0.717, 1.165) is 28.4 Å². The molecule has 8 nitrogen and oxygen atoms in total. The molecule has 0 fully saturated rings. The predicted molar refractivity (Wildman–Crippen MR) is 120 cm³/mol. The highest BCUT2D eigenvalue weighted by molar-refractivity contribution is 7.17. The topological polar surface area (TPSA) is 103 Å². The molecule has 2 aromatic heterocycles. The third-order valence-corrected chi connectivity index (χ3v) is 6.00. The number of ether oxygens (including phenoxy) is 1. The molecule has 4 rings (SSSR count). The van der Waals surface area contributed by atoms with Gasteiger partial charge in [0.15, 0.2) is 6.10 Å². The van der Waals surface area contributed by atoms with Gasteiger partial charge in [-0.15, -0.1) is 0 Å². The molecule has 4 aromatic rings. The molecule has 31 heavy (non-hydrogen) atoms. The standard InChI is InChI=1S/C22H19N3O5S/c1-3-24-17-7-5-4-6-15(17)16-12-14(8-9-18(16)24)23-21(26)13(2)30-22(27)19-10-11-20(31-19)25(28)29/h4-13H,3H2,1-2H3,(H,23,26). The van der Waals surface area contributed by atoms with Crippen molar-refractivity contribution in [3.05, 3.63) is 69.6 Å². The fraction of sp³-hybridized carbons (Fsp3) is 0.182. The second-order valence-electron chi connectivity index (χ2n) is 6.93. The summed E-state index contributed by atoms with van der Waals surface area (Å²) in [4.78, 5) is 35.0. The highest BCUT2D eigenvalue weighted by atomic mass is 32.1. The molecule has 0 radical (unpaired) electrons. The van der Waals surface area contributed by atoms with Crippen LogP contribution in [0.2, 0.25) is 0 Å². The zero-order chi connectivity index (χ0) is 22.1. The number of nitrogens with zero attached hydrogens (tertiary/aromatic N) is 2. The molecule has 0 aliphatic rings. The molecule has 0 saturated heterocycles. The zero-order valence-electron chi connectivity index (χ0n) is 16.8. The summed E-state index contributed by atoms with van der Waals surface area (Å²) in [5.41, 5.74) is 2.78. The van der Waals surface area contributed by atoms with Gasteiger partial charge in [0.05, 0.1) is 4.92 Å². The highest BCUT2D eigenvalue weighted by Crippen LogP contribution is 2.31. The Hall–Kier alpha value is -3.72. The van der Waals surface area contributed by atoms with Crippen molar-refractivity contribution in [3.8, 4) is 0 Å². The van der Waals surface area contributed by atoms with Gasteiger partial charge in [-0.2, -0.15) is 0 Å². The summed E-state index contributed by atoms with van der Waals surface area (Å²) in [7, 11) is 0. The van der Waals surface area contributed by atoms with Gasteiger partial charge in [0, 0.05) is 40.1 Å². The van der Waals surface area contributed by atoms with Crippen LogP contribution in [0.1, 0.15) is 23.5 Å². The molecular formula is C22H19N3O5S. The highest BCUT2D eigenvalue weighted by Gasteiger charge is 2.22. The van der Waals surface area contributed by atoms with Crippen molar-refractivity contribution >= 4 is 55.7 Å².